The molecule has 1 aromatic heterocycles. The Bertz CT molecular complexity index is 585. The molecule has 1 aromatic rings. The van der Waals surface area contributed by atoms with Crippen molar-refractivity contribution in [3.63, 3.8) is 0 Å². The smallest absolute Gasteiger partial charge is 0.264 e. The SMILES string of the molecule is CS(=O)(=O)OCc1nc(Cl)cc2c1CNC2=O. The van der Waals surface area contributed by atoms with Crippen LogP contribution in [-0.2, 0) is 27.5 Å². The summed E-state index contributed by atoms with van der Waals surface area (Å²) in [5.41, 5.74) is 1.40. The number of aromatic nitrogens is 1. The molecule has 0 unspecified atom stereocenters. The van der Waals surface area contributed by atoms with Crippen LogP contribution in [-0.4, -0.2) is 25.6 Å². The lowest BCUT2D eigenvalue weighted by Crippen LogP contribution is -2.12. The Kier molecular flexibility index (Phi) is 3.07. The molecule has 0 radical (unpaired) electrons. The molecule has 0 aliphatic carbocycles. The largest absolute Gasteiger partial charge is 0.348 e. The summed E-state index contributed by atoms with van der Waals surface area (Å²) < 4.78 is 26.4. The van der Waals surface area contributed by atoms with Crippen LogP contribution in [0.25, 0.3) is 0 Å². The molecule has 0 saturated heterocycles. The lowest BCUT2D eigenvalue weighted by Gasteiger charge is -2.06. The number of hydrogen-bond donors (Lipinski definition) is 1. The van der Waals surface area contributed by atoms with Gasteiger partial charge in [-0.05, 0) is 6.07 Å². The Labute approximate surface area is 103 Å². The Morgan fingerprint density at radius 2 is 2.29 bits per heavy atom. The molecule has 1 aliphatic heterocycles. The fraction of sp³-hybridized carbons (Fsp3) is 0.333. The van der Waals surface area contributed by atoms with Crippen LogP contribution in [0.1, 0.15) is 21.6 Å². The molecule has 2 heterocycles. The fourth-order valence-electron chi connectivity index (χ4n) is 1.54. The van der Waals surface area contributed by atoms with E-state index in [1.807, 2.05) is 0 Å². The van der Waals surface area contributed by atoms with Gasteiger partial charge < -0.3 is 5.32 Å². The first-order chi connectivity index (χ1) is 7.87. The minimum Gasteiger partial charge on any atom is -0.348 e. The van der Waals surface area contributed by atoms with E-state index in [1.165, 1.54) is 6.07 Å². The number of nitrogens with one attached hydrogen (secondary N) is 1. The number of amides is 1. The third-order valence-corrected chi connectivity index (χ3v) is 3.00. The quantitative estimate of drug-likeness (QED) is 0.640. The Balaban J connectivity index is 2.35. The first kappa shape index (κ1) is 12.3. The predicted octanol–water partition coefficient (Wildman–Crippen LogP) is 0.455. The van der Waals surface area contributed by atoms with Crippen LogP contribution in [0.3, 0.4) is 0 Å². The van der Waals surface area contributed by atoms with Gasteiger partial charge in [0.2, 0.25) is 0 Å². The second-order valence-electron chi connectivity index (χ2n) is 3.57. The Hall–Kier alpha value is -1.18. The molecule has 1 amide bonds. The molecule has 0 aromatic carbocycles. The summed E-state index contributed by atoms with van der Waals surface area (Å²) in [7, 11) is -3.55. The molecule has 0 atom stereocenters. The minimum absolute atomic E-state index is 0.132. The lowest BCUT2D eigenvalue weighted by atomic mass is 10.1. The summed E-state index contributed by atoms with van der Waals surface area (Å²) >= 11 is 5.75. The second-order valence-corrected chi connectivity index (χ2v) is 5.60. The van der Waals surface area contributed by atoms with Crippen molar-refractivity contribution in [1.29, 1.82) is 0 Å². The van der Waals surface area contributed by atoms with Gasteiger partial charge in [0.25, 0.3) is 16.0 Å². The topological polar surface area (TPSA) is 85.4 Å². The number of halogens is 1. The van der Waals surface area contributed by atoms with Gasteiger partial charge in [0, 0.05) is 17.7 Å². The third kappa shape index (κ3) is 2.74. The van der Waals surface area contributed by atoms with Crippen LogP contribution in [0.15, 0.2) is 6.07 Å². The van der Waals surface area contributed by atoms with Crippen molar-refractivity contribution >= 4 is 27.6 Å². The summed E-state index contributed by atoms with van der Waals surface area (Å²) in [5.74, 6) is -0.245. The zero-order chi connectivity index (χ0) is 12.6. The van der Waals surface area contributed by atoms with E-state index in [9.17, 15) is 13.2 Å². The summed E-state index contributed by atoms with van der Waals surface area (Å²) in [5, 5.41) is 2.74. The molecule has 1 aliphatic rings. The molecule has 0 bridgehead atoms. The highest BCUT2D eigenvalue weighted by molar-refractivity contribution is 7.85. The lowest BCUT2D eigenvalue weighted by molar-refractivity contribution is 0.0965. The molecule has 17 heavy (non-hydrogen) atoms. The van der Waals surface area contributed by atoms with E-state index < -0.39 is 10.1 Å². The highest BCUT2D eigenvalue weighted by atomic mass is 35.5. The number of pyridine rings is 1. The normalized spacial score (nSPS) is 14.6. The molecule has 6 nitrogen and oxygen atoms in total. The van der Waals surface area contributed by atoms with Gasteiger partial charge in [0.05, 0.1) is 11.9 Å². The number of hydrogen-bond acceptors (Lipinski definition) is 5. The van der Waals surface area contributed by atoms with E-state index in [-0.39, 0.29) is 17.7 Å². The standard InChI is InChI=1S/C9H9ClN2O4S/c1-17(14,15)16-4-7-6-3-11-9(13)5(6)2-8(10)12-7/h2H,3-4H2,1H3,(H,11,13). The number of carbonyl (C=O) groups is 1. The maximum Gasteiger partial charge on any atom is 0.264 e. The second kappa shape index (κ2) is 4.25. The molecule has 8 heteroatoms. The monoisotopic (exact) mass is 276 g/mol. The van der Waals surface area contributed by atoms with Gasteiger partial charge in [-0.3, -0.25) is 8.98 Å². The Morgan fingerprint density at radius 1 is 1.59 bits per heavy atom. The molecular weight excluding hydrogens is 268 g/mol. The highest BCUT2D eigenvalue weighted by Crippen LogP contribution is 2.22. The van der Waals surface area contributed by atoms with Crippen molar-refractivity contribution in [2.75, 3.05) is 6.26 Å². The molecule has 0 spiro atoms. The van der Waals surface area contributed by atoms with E-state index in [4.69, 9.17) is 11.6 Å². The molecule has 0 fully saturated rings. The summed E-state index contributed by atoms with van der Waals surface area (Å²) in [6.07, 6.45) is 0.946. The van der Waals surface area contributed by atoms with Gasteiger partial charge in [-0.25, -0.2) is 4.98 Å². The molecule has 2 rings (SSSR count). The predicted molar refractivity (Wildman–Crippen MR) is 60.1 cm³/mol. The highest BCUT2D eigenvalue weighted by Gasteiger charge is 2.24. The average molecular weight is 277 g/mol. The van der Waals surface area contributed by atoms with E-state index in [0.29, 0.717) is 23.4 Å². The summed E-state index contributed by atoms with van der Waals surface area (Å²) in [4.78, 5) is 15.4. The van der Waals surface area contributed by atoms with Gasteiger partial charge >= 0.3 is 0 Å². The molecule has 0 saturated carbocycles. The van der Waals surface area contributed by atoms with Crippen LogP contribution in [0, 0.1) is 0 Å². The fourth-order valence-corrected chi connectivity index (χ4v) is 2.07. The maximum atomic E-state index is 11.4. The number of nitrogens with zero attached hydrogens (tertiary/aromatic N) is 1. The van der Waals surface area contributed by atoms with Gasteiger partial charge in [-0.15, -0.1) is 0 Å². The van der Waals surface area contributed by atoms with E-state index in [2.05, 4.69) is 14.5 Å². The number of rotatable bonds is 3. The third-order valence-electron chi connectivity index (χ3n) is 2.26. The van der Waals surface area contributed by atoms with Crippen LogP contribution < -0.4 is 5.32 Å². The maximum absolute atomic E-state index is 11.4. The average Bonchev–Trinajstić information content (AvgIpc) is 2.56. The van der Waals surface area contributed by atoms with Crippen molar-refractivity contribution in [3.05, 3.63) is 28.0 Å². The molecule has 1 N–H and O–H groups in total. The van der Waals surface area contributed by atoms with Crippen LogP contribution in [0.2, 0.25) is 5.15 Å². The zero-order valence-corrected chi connectivity index (χ0v) is 10.4. The van der Waals surface area contributed by atoms with Gasteiger partial charge in [-0.2, -0.15) is 8.42 Å². The van der Waals surface area contributed by atoms with Crippen molar-refractivity contribution in [2.45, 2.75) is 13.2 Å². The molecule has 92 valence electrons. The van der Waals surface area contributed by atoms with E-state index in [1.54, 1.807) is 0 Å². The summed E-state index contributed by atoms with van der Waals surface area (Å²) in [6.45, 7) is 0.0808. The van der Waals surface area contributed by atoms with Crippen molar-refractivity contribution in [1.82, 2.24) is 10.3 Å². The van der Waals surface area contributed by atoms with Crippen LogP contribution in [0.5, 0.6) is 0 Å². The Morgan fingerprint density at radius 3 is 2.94 bits per heavy atom. The van der Waals surface area contributed by atoms with E-state index in [0.717, 1.165) is 6.26 Å². The first-order valence-corrected chi connectivity index (χ1v) is 6.87. The van der Waals surface area contributed by atoms with Crippen LogP contribution >= 0.6 is 11.6 Å². The van der Waals surface area contributed by atoms with Crippen molar-refractivity contribution < 1.29 is 17.4 Å². The van der Waals surface area contributed by atoms with E-state index >= 15 is 0 Å². The van der Waals surface area contributed by atoms with Crippen molar-refractivity contribution in [2.24, 2.45) is 0 Å². The number of carbonyl (C=O) groups excluding carboxylic acids is 1. The van der Waals surface area contributed by atoms with Crippen molar-refractivity contribution in [3.8, 4) is 0 Å². The van der Waals surface area contributed by atoms with Gasteiger partial charge in [0.15, 0.2) is 0 Å². The van der Waals surface area contributed by atoms with Gasteiger partial charge in [-0.1, -0.05) is 11.6 Å². The summed E-state index contributed by atoms with van der Waals surface area (Å²) in [6, 6.07) is 1.45. The minimum atomic E-state index is -3.55. The number of fused-ring (bicyclic) bond motifs is 1. The molecular formula is C9H9ClN2O4S. The first-order valence-electron chi connectivity index (χ1n) is 4.68. The van der Waals surface area contributed by atoms with Gasteiger partial charge in [0.1, 0.15) is 11.8 Å². The van der Waals surface area contributed by atoms with Crippen LogP contribution in [0.4, 0.5) is 0 Å². The zero-order valence-electron chi connectivity index (χ0n) is 8.86.